The highest BCUT2D eigenvalue weighted by Gasteiger charge is 1.98. The van der Waals surface area contributed by atoms with Crippen molar-refractivity contribution in [2.24, 2.45) is 0 Å². The first-order chi connectivity index (χ1) is 8.65. The van der Waals surface area contributed by atoms with Crippen molar-refractivity contribution in [2.45, 2.75) is 27.7 Å². The first-order valence-corrected chi connectivity index (χ1v) is 6.02. The van der Waals surface area contributed by atoms with Crippen LogP contribution in [0.4, 0.5) is 5.69 Å². The van der Waals surface area contributed by atoms with E-state index >= 15 is 0 Å². The maximum atomic E-state index is 5.56. The van der Waals surface area contributed by atoms with Gasteiger partial charge in [0.15, 0.2) is 0 Å². The Balaban J connectivity index is 0.00000137. The first-order valence-electron chi connectivity index (χ1n) is 6.02. The molecule has 0 fully saturated rings. The summed E-state index contributed by atoms with van der Waals surface area (Å²) in [5.41, 5.74) is 7.18. The number of pyridine rings is 1. The maximum Gasteiger partial charge on any atom is 0.219 e. The summed E-state index contributed by atoms with van der Waals surface area (Å²) in [6, 6.07) is 3.48. The smallest absolute Gasteiger partial charge is 0.219 e. The summed E-state index contributed by atoms with van der Waals surface area (Å²) in [6.07, 6.45) is 7.09. The minimum Gasteiger partial charge on any atom is -0.439 e. The number of anilines is 1. The van der Waals surface area contributed by atoms with Crippen molar-refractivity contribution in [2.75, 3.05) is 5.73 Å². The van der Waals surface area contributed by atoms with E-state index in [9.17, 15) is 0 Å². The van der Waals surface area contributed by atoms with Crippen molar-refractivity contribution >= 4 is 5.69 Å². The minimum absolute atomic E-state index is 0.524. The van der Waals surface area contributed by atoms with Crippen LogP contribution in [0.25, 0.3) is 0 Å². The third kappa shape index (κ3) is 5.89. The zero-order valence-electron chi connectivity index (χ0n) is 11.6. The Labute approximate surface area is 110 Å². The van der Waals surface area contributed by atoms with Gasteiger partial charge in [-0.05, 0) is 37.6 Å². The topological polar surface area (TPSA) is 48.1 Å². The molecule has 1 aromatic rings. The highest BCUT2D eigenvalue weighted by atomic mass is 16.5. The Kier molecular flexibility index (Phi) is 8.03. The Bertz CT molecular complexity index is 417. The van der Waals surface area contributed by atoms with Crippen LogP contribution in [0.2, 0.25) is 0 Å². The molecular formula is C15H22N2O. The Morgan fingerprint density at radius 3 is 2.50 bits per heavy atom. The molecule has 0 saturated carbocycles. The summed E-state index contributed by atoms with van der Waals surface area (Å²) in [4.78, 5) is 4.06. The summed E-state index contributed by atoms with van der Waals surface area (Å²) >= 11 is 0. The molecule has 1 rings (SSSR count). The summed E-state index contributed by atoms with van der Waals surface area (Å²) in [5.74, 6) is 1.25. The molecule has 0 aliphatic carbocycles. The van der Waals surface area contributed by atoms with Crippen molar-refractivity contribution in [3.05, 3.63) is 54.5 Å². The number of allylic oxidation sites excluding steroid dienone is 4. The molecule has 3 nitrogen and oxygen atoms in total. The van der Waals surface area contributed by atoms with E-state index < -0.39 is 0 Å². The molecule has 0 amide bonds. The number of ether oxygens (including phenoxy) is 1. The van der Waals surface area contributed by atoms with Gasteiger partial charge in [-0.15, -0.1) is 0 Å². The van der Waals surface area contributed by atoms with Crippen LogP contribution >= 0.6 is 0 Å². The number of nitrogens with zero attached hydrogens (tertiary/aromatic N) is 1. The normalized spacial score (nSPS) is 11.3. The molecule has 0 spiro atoms. The number of nitrogen functional groups attached to an aromatic ring is 1. The molecule has 0 aliphatic rings. The lowest BCUT2D eigenvalue weighted by Gasteiger charge is -2.05. The van der Waals surface area contributed by atoms with Crippen molar-refractivity contribution in [3.63, 3.8) is 0 Å². The third-order valence-corrected chi connectivity index (χ3v) is 1.96. The van der Waals surface area contributed by atoms with E-state index in [1.807, 2.05) is 39.8 Å². The molecule has 0 aromatic carbocycles. The van der Waals surface area contributed by atoms with Crippen LogP contribution in [0.3, 0.4) is 0 Å². The Morgan fingerprint density at radius 1 is 1.39 bits per heavy atom. The molecule has 1 heterocycles. The zero-order valence-corrected chi connectivity index (χ0v) is 11.6. The molecule has 0 aliphatic heterocycles. The van der Waals surface area contributed by atoms with E-state index in [1.165, 1.54) is 0 Å². The summed E-state index contributed by atoms with van der Waals surface area (Å²) in [6.45, 7) is 11.5. The SMILES string of the molecule is C=C/C(C)=C\C(=C/C)Oc1ccc(N)cn1.CC. The number of nitrogens with two attached hydrogens (primary N) is 1. The predicted octanol–water partition coefficient (Wildman–Crippen LogP) is 4.10. The van der Waals surface area contributed by atoms with Crippen LogP contribution in [0, 0.1) is 0 Å². The molecule has 18 heavy (non-hydrogen) atoms. The Hall–Kier alpha value is -2.03. The van der Waals surface area contributed by atoms with Gasteiger partial charge in [-0.2, -0.15) is 0 Å². The fourth-order valence-corrected chi connectivity index (χ4v) is 1.03. The standard InChI is InChI=1S/C13H16N2O.C2H6/c1-4-10(3)8-12(5-2)16-13-7-6-11(14)9-15-13;1-2/h4-9H,1,14H2,2-3H3;1-2H3/b10-8-,12-5+;. The monoisotopic (exact) mass is 246 g/mol. The van der Waals surface area contributed by atoms with Crippen LogP contribution < -0.4 is 10.5 Å². The lowest BCUT2D eigenvalue weighted by atomic mass is 10.2. The molecule has 0 bridgehead atoms. The minimum atomic E-state index is 0.524. The first kappa shape index (κ1) is 16.0. The van der Waals surface area contributed by atoms with Crippen LogP contribution in [0.15, 0.2) is 54.5 Å². The van der Waals surface area contributed by atoms with Crippen molar-refractivity contribution in [3.8, 4) is 5.88 Å². The van der Waals surface area contributed by atoms with Gasteiger partial charge in [0.05, 0.1) is 11.9 Å². The molecule has 0 atom stereocenters. The molecule has 0 unspecified atom stereocenters. The molecule has 1 aromatic heterocycles. The van der Waals surface area contributed by atoms with Crippen LogP contribution in [0.1, 0.15) is 27.7 Å². The van der Waals surface area contributed by atoms with E-state index in [-0.39, 0.29) is 0 Å². The average molecular weight is 246 g/mol. The zero-order chi connectivity index (χ0) is 14.0. The van der Waals surface area contributed by atoms with Gasteiger partial charge >= 0.3 is 0 Å². The molecule has 0 radical (unpaired) electrons. The fourth-order valence-electron chi connectivity index (χ4n) is 1.03. The second kappa shape index (κ2) is 9.05. The van der Waals surface area contributed by atoms with Crippen LogP contribution in [-0.2, 0) is 0 Å². The second-order valence-electron chi connectivity index (χ2n) is 3.32. The predicted molar refractivity (Wildman–Crippen MR) is 78.3 cm³/mol. The van der Waals surface area contributed by atoms with E-state index in [0.717, 1.165) is 11.3 Å². The molecule has 98 valence electrons. The van der Waals surface area contributed by atoms with Gasteiger partial charge in [0.1, 0.15) is 5.76 Å². The van der Waals surface area contributed by atoms with Gasteiger partial charge in [-0.25, -0.2) is 4.98 Å². The summed E-state index contributed by atoms with van der Waals surface area (Å²) in [7, 11) is 0. The third-order valence-electron chi connectivity index (χ3n) is 1.96. The molecule has 2 N–H and O–H groups in total. The van der Waals surface area contributed by atoms with Crippen molar-refractivity contribution in [1.29, 1.82) is 0 Å². The van der Waals surface area contributed by atoms with Gasteiger partial charge in [0.2, 0.25) is 5.88 Å². The lowest BCUT2D eigenvalue weighted by molar-refractivity contribution is 0.425. The summed E-state index contributed by atoms with van der Waals surface area (Å²) < 4.78 is 5.56. The number of hydrogen-bond donors (Lipinski definition) is 1. The van der Waals surface area contributed by atoms with E-state index in [4.69, 9.17) is 10.5 Å². The average Bonchev–Trinajstić information content (AvgIpc) is 2.42. The van der Waals surface area contributed by atoms with Gasteiger partial charge in [0.25, 0.3) is 0 Å². The fraction of sp³-hybridized carbons (Fsp3) is 0.267. The molecule has 0 saturated heterocycles. The van der Waals surface area contributed by atoms with Crippen LogP contribution in [-0.4, -0.2) is 4.98 Å². The number of rotatable bonds is 4. The maximum absolute atomic E-state index is 5.56. The summed E-state index contributed by atoms with van der Waals surface area (Å²) in [5, 5.41) is 0. The lowest BCUT2D eigenvalue weighted by Crippen LogP contribution is -1.95. The van der Waals surface area contributed by atoms with E-state index in [1.54, 1.807) is 24.4 Å². The van der Waals surface area contributed by atoms with Crippen molar-refractivity contribution < 1.29 is 4.74 Å². The highest BCUT2D eigenvalue weighted by Crippen LogP contribution is 2.13. The van der Waals surface area contributed by atoms with Gasteiger partial charge in [0, 0.05) is 6.07 Å². The van der Waals surface area contributed by atoms with Gasteiger partial charge in [-0.3, -0.25) is 0 Å². The van der Waals surface area contributed by atoms with Gasteiger partial charge < -0.3 is 10.5 Å². The van der Waals surface area contributed by atoms with Crippen LogP contribution in [0.5, 0.6) is 5.88 Å². The van der Waals surface area contributed by atoms with E-state index in [2.05, 4.69) is 11.6 Å². The quantitative estimate of drug-likeness (QED) is 0.642. The second-order valence-corrected chi connectivity index (χ2v) is 3.32. The number of aromatic nitrogens is 1. The molecular weight excluding hydrogens is 224 g/mol. The largest absolute Gasteiger partial charge is 0.439 e. The highest BCUT2D eigenvalue weighted by molar-refractivity contribution is 5.37. The van der Waals surface area contributed by atoms with E-state index in [0.29, 0.717) is 11.6 Å². The molecule has 3 heteroatoms. The van der Waals surface area contributed by atoms with Crippen molar-refractivity contribution in [1.82, 2.24) is 4.98 Å². The Morgan fingerprint density at radius 2 is 2.06 bits per heavy atom. The van der Waals surface area contributed by atoms with Gasteiger partial charge in [-0.1, -0.05) is 26.5 Å². The number of hydrogen-bond acceptors (Lipinski definition) is 3.